The van der Waals surface area contributed by atoms with Gasteiger partial charge in [-0.1, -0.05) is 6.92 Å². The van der Waals surface area contributed by atoms with Gasteiger partial charge in [-0.2, -0.15) is 0 Å². The van der Waals surface area contributed by atoms with Gasteiger partial charge in [-0.3, -0.25) is 0 Å². The number of hydrogen-bond donors (Lipinski definition) is 2. The molecule has 1 radical (unpaired) electrons. The third-order valence-corrected chi connectivity index (χ3v) is 7.79. The highest BCUT2D eigenvalue weighted by atomic mass is 28.4. The molecule has 91 valence electrons. The lowest BCUT2D eigenvalue weighted by Gasteiger charge is -2.35. The van der Waals surface area contributed by atoms with Crippen LogP contribution in [0.15, 0.2) is 0 Å². The van der Waals surface area contributed by atoms with Crippen molar-refractivity contribution in [1.29, 1.82) is 0 Å². The molecule has 0 aliphatic carbocycles. The van der Waals surface area contributed by atoms with E-state index in [1.807, 2.05) is 20.0 Å². The Morgan fingerprint density at radius 2 is 1.80 bits per heavy atom. The molecule has 0 aromatic carbocycles. The molecule has 0 fully saturated rings. The van der Waals surface area contributed by atoms with Crippen molar-refractivity contribution in [2.24, 2.45) is 0 Å². The van der Waals surface area contributed by atoms with Crippen molar-refractivity contribution in [3.63, 3.8) is 0 Å². The third-order valence-electron chi connectivity index (χ3n) is 1.98. The summed E-state index contributed by atoms with van der Waals surface area (Å²) in [7, 11) is -2.78. The molecule has 0 rings (SSSR count). The van der Waals surface area contributed by atoms with Crippen molar-refractivity contribution in [2.75, 3.05) is 0 Å². The minimum atomic E-state index is -2.07. The number of ether oxygens (including phenoxy) is 1. The topological polar surface area (TPSA) is 58.9 Å². The molecule has 0 bridgehead atoms. The lowest BCUT2D eigenvalue weighted by molar-refractivity contribution is -0.334. The third kappa shape index (κ3) is 6.44. The summed E-state index contributed by atoms with van der Waals surface area (Å²) in [5.74, 6) is -2.07. The zero-order valence-corrected chi connectivity index (χ0v) is 12.5. The average Bonchev–Trinajstić information content (AvgIpc) is 1.95. The van der Waals surface area contributed by atoms with Crippen LogP contribution in [0, 0.1) is 0 Å². The Labute approximate surface area is 95.1 Å². The smallest absolute Gasteiger partial charge is 0.274 e. The van der Waals surface area contributed by atoms with Gasteiger partial charge in [-0.15, -0.1) is 0 Å². The van der Waals surface area contributed by atoms with E-state index >= 15 is 0 Å². The fraction of sp³-hybridized carbons (Fsp3) is 1.00. The van der Waals surface area contributed by atoms with E-state index in [4.69, 9.17) is 8.85 Å². The first kappa shape index (κ1) is 15.3. The van der Waals surface area contributed by atoms with Gasteiger partial charge in [0.1, 0.15) is 0 Å². The highest BCUT2D eigenvalue weighted by Crippen LogP contribution is 2.21. The first-order chi connectivity index (χ1) is 6.58. The lowest BCUT2D eigenvalue weighted by atomic mass is 10.5. The van der Waals surface area contributed by atoms with Gasteiger partial charge in [-0.25, -0.2) is 0 Å². The normalized spacial score (nSPS) is 15.8. The molecule has 0 aromatic rings. The molecule has 0 amide bonds. The minimum Gasteiger partial charge on any atom is -0.454 e. The molecule has 0 saturated carbocycles. The van der Waals surface area contributed by atoms with Crippen LogP contribution in [0.5, 0.6) is 0 Å². The summed E-state index contributed by atoms with van der Waals surface area (Å²) < 4.78 is 11.1. The van der Waals surface area contributed by atoms with Crippen LogP contribution in [-0.4, -0.2) is 39.3 Å². The molecular weight excluding hydrogens is 228 g/mol. The van der Waals surface area contributed by atoms with Crippen LogP contribution in [0.25, 0.3) is 0 Å². The van der Waals surface area contributed by atoms with E-state index in [1.54, 1.807) is 0 Å². The van der Waals surface area contributed by atoms with E-state index in [-0.39, 0.29) is 5.73 Å². The summed E-state index contributed by atoms with van der Waals surface area (Å²) in [6, 6.07) is 0. The van der Waals surface area contributed by atoms with Crippen LogP contribution in [0.2, 0.25) is 26.2 Å². The SMILES string of the molecule is CCC(OC(C)(O)O)[Si](C)(C)O[Si](C)C. The number of hydrogen-bond acceptors (Lipinski definition) is 4. The van der Waals surface area contributed by atoms with Gasteiger partial charge in [0.05, 0.1) is 5.73 Å². The van der Waals surface area contributed by atoms with Gasteiger partial charge >= 0.3 is 0 Å². The second kappa shape index (κ2) is 5.56. The van der Waals surface area contributed by atoms with Crippen molar-refractivity contribution in [3.8, 4) is 0 Å². The molecule has 0 spiro atoms. The molecule has 1 atom stereocenters. The standard InChI is InChI=1S/C9H23O4Si2/c1-7-8(12-9(2,10)11)15(5,6)13-14(3)4/h8,10-11H,7H2,1-6H3. The van der Waals surface area contributed by atoms with Crippen molar-refractivity contribution < 1.29 is 19.1 Å². The summed E-state index contributed by atoms with van der Waals surface area (Å²) in [4.78, 5) is 0. The first-order valence-corrected chi connectivity index (χ1v) is 10.6. The van der Waals surface area contributed by atoms with Crippen molar-refractivity contribution in [1.82, 2.24) is 0 Å². The maximum atomic E-state index is 9.22. The van der Waals surface area contributed by atoms with E-state index in [1.165, 1.54) is 6.92 Å². The van der Waals surface area contributed by atoms with Gasteiger partial charge in [-0.05, 0) is 32.6 Å². The molecular formula is C9H23O4Si2. The van der Waals surface area contributed by atoms with Crippen molar-refractivity contribution >= 4 is 17.4 Å². The van der Waals surface area contributed by atoms with Gasteiger partial charge in [0.2, 0.25) is 8.32 Å². The zero-order valence-electron chi connectivity index (χ0n) is 10.5. The predicted octanol–water partition coefficient (Wildman–Crippen LogP) is 1.45. The van der Waals surface area contributed by atoms with E-state index < -0.39 is 23.3 Å². The van der Waals surface area contributed by atoms with Crippen LogP contribution >= 0.6 is 0 Å². The molecule has 0 aliphatic heterocycles. The van der Waals surface area contributed by atoms with Gasteiger partial charge < -0.3 is 19.1 Å². The van der Waals surface area contributed by atoms with Gasteiger partial charge in [0.15, 0.2) is 9.04 Å². The fourth-order valence-corrected chi connectivity index (χ4v) is 7.80. The Balaban J connectivity index is 4.50. The number of aliphatic hydroxyl groups is 2. The summed E-state index contributed by atoms with van der Waals surface area (Å²) >= 11 is 0. The predicted molar refractivity (Wildman–Crippen MR) is 64.1 cm³/mol. The zero-order chi connectivity index (χ0) is 12.3. The quantitative estimate of drug-likeness (QED) is 0.554. The average molecular weight is 251 g/mol. The first-order valence-electron chi connectivity index (χ1n) is 5.20. The Morgan fingerprint density at radius 3 is 2.07 bits per heavy atom. The Bertz CT molecular complexity index is 189. The largest absolute Gasteiger partial charge is 0.454 e. The Kier molecular flexibility index (Phi) is 5.66. The molecule has 6 heteroatoms. The van der Waals surface area contributed by atoms with Crippen LogP contribution in [0.1, 0.15) is 20.3 Å². The molecule has 1 unspecified atom stereocenters. The molecule has 2 N–H and O–H groups in total. The maximum absolute atomic E-state index is 9.22. The van der Waals surface area contributed by atoms with Crippen LogP contribution in [0.4, 0.5) is 0 Å². The highest BCUT2D eigenvalue weighted by Gasteiger charge is 2.38. The van der Waals surface area contributed by atoms with Crippen molar-refractivity contribution in [2.45, 2.75) is 58.2 Å². The van der Waals surface area contributed by atoms with E-state index in [9.17, 15) is 10.2 Å². The van der Waals surface area contributed by atoms with E-state index in [2.05, 4.69) is 13.1 Å². The Hall–Kier alpha value is 0.274. The minimum absolute atomic E-state index is 0.197. The van der Waals surface area contributed by atoms with E-state index in [0.29, 0.717) is 0 Å². The molecule has 4 nitrogen and oxygen atoms in total. The van der Waals surface area contributed by atoms with E-state index in [0.717, 1.165) is 6.42 Å². The summed E-state index contributed by atoms with van der Waals surface area (Å²) in [6.07, 6.45) is 0.727. The fourth-order valence-electron chi connectivity index (χ4n) is 1.58. The van der Waals surface area contributed by atoms with Crippen LogP contribution in [-0.2, 0) is 8.85 Å². The lowest BCUT2D eigenvalue weighted by Crippen LogP contribution is -2.52. The van der Waals surface area contributed by atoms with Gasteiger partial charge in [0.25, 0.3) is 5.97 Å². The maximum Gasteiger partial charge on any atom is 0.274 e. The van der Waals surface area contributed by atoms with Crippen molar-refractivity contribution in [3.05, 3.63) is 0 Å². The molecule has 15 heavy (non-hydrogen) atoms. The molecule has 0 saturated heterocycles. The number of rotatable bonds is 6. The summed E-state index contributed by atoms with van der Waals surface area (Å²) in [6.45, 7) is 11.4. The Morgan fingerprint density at radius 1 is 1.33 bits per heavy atom. The second-order valence-corrected chi connectivity index (χ2v) is 11.0. The second-order valence-electron chi connectivity index (χ2n) is 4.56. The molecule has 0 aliphatic rings. The van der Waals surface area contributed by atoms with Crippen LogP contribution < -0.4 is 0 Å². The molecule has 0 aromatic heterocycles. The summed E-state index contributed by atoms with van der Waals surface area (Å²) in [5, 5.41) is 18.4. The van der Waals surface area contributed by atoms with Crippen LogP contribution in [0.3, 0.4) is 0 Å². The summed E-state index contributed by atoms with van der Waals surface area (Å²) in [5.41, 5.74) is -0.197. The monoisotopic (exact) mass is 251 g/mol. The highest BCUT2D eigenvalue weighted by molar-refractivity contribution is 6.78. The molecule has 0 heterocycles. The van der Waals surface area contributed by atoms with Gasteiger partial charge in [0, 0.05) is 6.92 Å².